The molecule has 1 N–H and O–H groups in total. The van der Waals surface area contributed by atoms with Crippen molar-refractivity contribution in [2.45, 2.75) is 33.0 Å². The zero-order valence-electron chi connectivity index (χ0n) is 15.5. The van der Waals surface area contributed by atoms with Crippen molar-refractivity contribution in [3.63, 3.8) is 0 Å². The van der Waals surface area contributed by atoms with Crippen LogP contribution in [-0.2, 0) is 0 Å². The lowest BCUT2D eigenvalue weighted by Gasteiger charge is -2.16. The second kappa shape index (κ2) is 7.49. The normalized spacial score (nSPS) is 12.8. The number of hydrogen-bond acceptors (Lipinski definition) is 4. The number of halogens is 3. The van der Waals surface area contributed by atoms with E-state index >= 15 is 0 Å². The van der Waals surface area contributed by atoms with Gasteiger partial charge >= 0.3 is 6.18 Å². The number of aromatic nitrogens is 3. The first kappa shape index (κ1) is 19.7. The summed E-state index contributed by atoms with van der Waals surface area (Å²) in [6.07, 6.45) is -3.32. The average molecular weight is 392 g/mol. The Morgan fingerprint density at radius 1 is 1.32 bits per heavy atom. The van der Waals surface area contributed by atoms with Crippen LogP contribution in [0.4, 0.5) is 13.2 Å². The molecule has 0 fully saturated rings. The van der Waals surface area contributed by atoms with E-state index in [-0.39, 0.29) is 11.2 Å². The van der Waals surface area contributed by atoms with Gasteiger partial charge < -0.3 is 10.1 Å². The predicted molar refractivity (Wildman–Crippen MR) is 97.3 cm³/mol. The molecule has 0 radical (unpaired) electrons. The highest BCUT2D eigenvalue weighted by Crippen LogP contribution is 2.25. The fourth-order valence-corrected chi connectivity index (χ4v) is 2.69. The van der Waals surface area contributed by atoms with E-state index in [1.165, 1.54) is 10.7 Å². The molecule has 0 spiro atoms. The predicted octanol–water partition coefficient (Wildman–Crippen LogP) is 3.78. The average Bonchev–Trinajstić information content (AvgIpc) is 3.06. The summed E-state index contributed by atoms with van der Waals surface area (Å²) in [5, 5.41) is 6.02. The molecular weight excluding hydrogens is 373 g/mol. The van der Waals surface area contributed by atoms with Gasteiger partial charge in [-0.25, -0.2) is 9.50 Å². The largest absolute Gasteiger partial charge is 0.494 e. The number of alkyl halides is 3. The Balaban J connectivity index is 2.01. The summed E-state index contributed by atoms with van der Waals surface area (Å²) < 4.78 is 45.2. The Labute approximate surface area is 159 Å². The lowest BCUT2D eigenvalue weighted by atomic mass is 10.1. The molecular formula is C19H19F3N4O2. The monoisotopic (exact) mass is 392 g/mol. The van der Waals surface area contributed by atoms with E-state index in [1.807, 2.05) is 36.5 Å². The van der Waals surface area contributed by atoms with E-state index in [4.69, 9.17) is 4.74 Å². The fraction of sp³-hybridized carbons (Fsp3) is 0.316. The van der Waals surface area contributed by atoms with Crippen molar-refractivity contribution < 1.29 is 22.7 Å². The van der Waals surface area contributed by atoms with Gasteiger partial charge in [-0.15, -0.1) is 0 Å². The van der Waals surface area contributed by atoms with Crippen LogP contribution >= 0.6 is 0 Å². The lowest BCUT2D eigenvalue weighted by molar-refractivity contribution is -0.149. The van der Waals surface area contributed by atoms with E-state index in [9.17, 15) is 18.0 Å². The summed E-state index contributed by atoms with van der Waals surface area (Å²) in [5.41, 5.74) is 2.16. The van der Waals surface area contributed by atoms with Crippen molar-refractivity contribution in [2.24, 2.45) is 0 Å². The van der Waals surface area contributed by atoms with E-state index < -0.39 is 18.1 Å². The van der Waals surface area contributed by atoms with E-state index in [1.54, 1.807) is 13.0 Å². The first-order valence-corrected chi connectivity index (χ1v) is 8.67. The summed E-state index contributed by atoms with van der Waals surface area (Å²) in [6.45, 7) is 5.05. The second-order valence-corrected chi connectivity index (χ2v) is 6.27. The topological polar surface area (TPSA) is 68.5 Å². The number of nitrogens with zero attached hydrogens (tertiary/aromatic N) is 3. The number of benzene rings is 1. The molecule has 0 aliphatic rings. The van der Waals surface area contributed by atoms with E-state index in [0.29, 0.717) is 23.7 Å². The summed E-state index contributed by atoms with van der Waals surface area (Å²) in [4.78, 5) is 16.8. The SMILES string of the molecule is CCOc1cccc(-c2cc(C)n3ncc(C(=O)NC(C)C(F)(F)F)c3n2)c1. The van der Waals surface area contributed by atoms with Crippen molar-refractivity contribution in [3.8, 4) is 17.0 Å². The van der Waals surface area contributed by atoms with Gasteiger partial charge in [0.05, 0.1) is 18.5 Å². The maximum absolute atomic E-state index is 12.8. The van der Waals surface area contributed by atoms with Gasteiger partial charge in [0, 0.05) is 11.3 Å². The number of amides is 1. The van der Waals surface area contributed by atoms with Gasteiger partial charge in [0.2, 0.25) is 0 Å². The van der Waals surface area contributed by atoms with Crippen LogP contribution in [0, 0.1) is 6.92 Å². The highest BCUT2D eigenvalue weighted by molar-refractivity contribution is 6.00. The van der Waals surface area contributed by atoms with Crippen molar-refractivity contribution in [1.29, 1.82) is 0 Å². The number of hydrogen-bond donors (Lipinski definition) is 1. The molecule has 3 aromatic rings. The third-order valence-electron chi connectivity index (χ3n) is 4.17. The molecule has 1 aromatic carbocycles. The zero-order valence-corrected chi connectivity index (χ0v) is 15.5. The van der Waals surface area contributed by atoms with Crippen LogP contribution in [0.3, 0.4) is 0 Å². The third kappa shape index (κ3) is 3.92. The summed E-state index contributed by atoms with van der Waals surface area (Å²) in [6, 6.07) is 7.07. The molecule has 3 rings (SSSR count). The minimum atomic E-state index is -4.53. The van der Waals surface area contributed by atoms with Gasteiger partial charge in [-0.2, -0.15) is 18.3 Å². The highest BCUT2D eigenvalue weighted by Gasteiger charge is 2.37. The Bertz CT molecular complexity index is 1010. The number of carbonyl (C=O) groups is 1. The fourth-order valence-electron chi connectivity index (χ4n) is 2.69. The van der Waals surface area contributed by atoms with E-state index in [2.05, 4.69) is 10.1 Å². The maximum atomic E-state index is 12.8. The molecule has 9 heteroatoms. The molecule has 2 heterocycles. The molecule has 1 unspecified atom stereocenters. The van der Waals surface area contributed by atoms with Crippen LogP contribution in [0.15, 0.2) is 36.5 Å². The molecule has 0 aliphatic heterocycles. The number of carbonyl (C=O) groups excluding carboxylic acids is 1. The summed E-state index contributed by atoms with van der Waals surface area (Å²) in [5.74, 6) is -0.211. The molecule has 0 saturated heterocycles. The Morgan fingerprint density at radius 3 is 2.75 bits per heavy atom. The Morgan fingerprint density at radius 2 is 2.07 bits per heavy atom. The Kier molecular flexibility index (Phi) is 5.26. The highest BCUT2D eigenvalue weighted by atomic mass is 19.4. The third-order valence-corrected chi connectivity index (χ3v) is 4.17. The molecule has 28 heavy (non-hydrogen) atoms. The standard InChI is InChI=1S/C19H19F3N4O2/c1-4-28-14-7-5-6-13(9-14)16-8-11(2)26-17(25-16)15(10-23-26)18(27)24-12(3)19(20,21)22/h5-10,12H,4H2,1-3H3,(H,24,27). The molecule has 148 valence electrons. The van der Waals surface area contributed by atoms with Crippen LogP contribution < -0.4 is 10.1 Å². The van der Waals surface area contributed by atoms with Crippen LogP contribution in [-0.4, -0.2) is 39.3 Å². The van der Waals surface area contributed by atoms with Gasteiger partial charge in [0.15, 0.2) is 5.65 Å². The summed E-state index contributed by atoms with van der Waals surface area (Å²) in [7, 11) is 0. The zero-order chi connectivity index (χ0) is 20.5. The van der Waals surface area contributed by atoms with Gasteiger partial charge in [0.1, 0.15) is 17.4 Å². The van der Waals surface area contributed by atoms with Gasteiger partial charge in [-0.1, -0.05) is 12.1 Å². The molecule has 6 nitrogen and oxygen atoms in total. The molecule has 0 saturated carbocycles. The minimum absolute atomic E-state index is 0.0259. The van der Waals surface area contributed by atoms with Crippen molar-refractivity contribution >= 4 is 11.6 Å². The van der Waals surface area contributed by atoms with Crippen LogP contribution in [0.1, 0.15) is 29.9 Å². The van der Waals surface area contributed by atoms with Crippen LogP contribution in [0.5, 0.6) is 5.75 Å². The molecule has 0 aliphatic carbocycles. The summed E-state index contributed by atoms with van der Waals surface area (Å²) >= 11 is 0. The maximum Gasteiger partial charge on any atom is 0.408 e. The smallest absolute Gasteiger partial charge is 0.408 e. The van der Waals surface area contributed by atoms with Gasteiger partial charge in [-0.05, 0) is 39.0 Å². The van der Waals surface area contributed by atoms with Crippen molar-refractivity contribution in [1.82, 2.24) is 19.9 Å². The number of aryl methyl sites for hydroxylation is 1. The van der Waals surface area contributed by atoms with Crippen LogP contribution in [0.25, 0.3) is 16.9 Å². The molecule has 1 amide bonds. The first-order chi connectivity index (χ1) is 13.2. The number of ether oxygens (including phenoxy) is 1. The number of rotatable bonds is 5. The number of nitrogens with one attached hydrogen (secondary N) is 1. The van der Waals surface area contributed by atoms with E-state index in [0.717, 1.165) is 12.5 Å². The molecule has 0 bridgehead atoms. The second-order valence-electron chi connectivity index (χ2n) is 6.27. The Hall–Kier alpha value is -3.10. The number of fused-ring (bicyclic) bond motifs is 1. The van der Waals surface area contributed by atoms with Gasteiger partial charge in [0.25, 0.3) is 5.91 Å². The van der Waals surface area contributed by atoms with Crippen molar-refractivity contribution in [3.05, 3.63) is 47.8 Å². The van der Waals surface area contributed by atoms with Crippen LogP contribution in [0.2, 0.25) is 0 Å². The first-order valence-electron chi connectivity index (χ1n) is 8.67. The lowest BCUT2D eigenvalue weighted by Crippen LogP contribution is -2.43. The quantitative estimate of drug-likeness (QED) is 0.718. The molecule has 2 aromatic heterocycles. The molecule has 1 atom stereocenters. The van der Waals surface area contributed by atoms with Gasteiger partial charge in [-0.3, -0.25) is 4.79 Å². The minimum Gasteiger partial charge on any atom is -0.494 e. The van der Waals surface area contributed by atoms with Crippen molar-refractivity contribution in [2.75, 3.05) is 6.61 Å².